The molecule has 0 aliphatic carbocycles. The number of aromatic nitrogens is 1. The van der Waals surface area contributed by atoms with E-state index in [0.29, 0.717) is 0 Å². The molecule has 1 aromatic rings. The molecule has 64 valence electrons. The van der Waals surface area contributed by atoms with Crippen LogP contribution >= 0.6 is 0 Å². The molecule has 0 aliphatic rings. The summed E-state index contributed by atoms with van der Waals surface area (Å²) in [7, 11) is 0. The van der Waals surface area contributed by atoms with E-state index in [4.69, 9.17) is 0 Å². The highest BCUT2D eigenvalue weighted by molar-refractivity contribution is 5.27. The highest BCUT2D eigenvalue weighted by Gasteiger charge is 1.93. The highest BCUT2D eigenvalue weighted by Crippen LogP contribution is 1.74. The summed E-state index contributed by atoms with van der Waals surface area (Å²) in [6.07, 6.45) is 5.47. The minimum absolute atomic E-state index is 0.115. The number of pyridine rings is 1. The average Bonchev–Trinajstić information content (AvgIpc) is 2.09. The third kappa shape index (κ3) is 1.33. The summed E-state index contributed by atoms with van der Waals surface area (Å²) >= 11 is 0. The van der Waals surface area contributed by atoms with Crippen LogP contribution in [0.3, 0.4) is 0 Å². The Hall–Kier alpha value is -1.31. The molecule has 0 saturated carbocycles. The molecule has 1 N–H and O–H groups in total. The van der Waals surface area contributed by atoms with Crippen molar-refractivity contribution >= 4 is 12.2 Å². The predicted molar refractivity (Wildman–Crippen MR) is 51.3 cm³/mol. The molecule has 0 aliphatic heterocycles. The van der Waals surface area contributed by atoms with Gasteiger partial charge in [0.2, 0.25) is 0 Å². The normalized spacial score (nSPS) is 13.9. The second-order valence-corrected chi connectivity index (χ2v) is 2.71. The van der Waals surface area contributed by atoms with Crippen LogP contribution in [-0.2, 0) is 0 Å². The van der Waals surface area contributed by atoms with Gasteiger partial charge in [-0.3, -0.25) is 4.79 Å². The van der Waals surface area contributed by atoms with Crippen molar-refractivity contribution in [3.8, 4) is 0 Å². The minimum Gasteiger partial charge on any atom is -0.361 e. The van der Waals surface area contributed by atoms with E-state index in [1.807, 2.05) is 32.9 Å². The van der Waals surface area contributed by atoms with E-state index in [0.717, 1.165) is 16.1 Å². The number of hydrogen-bond acceptors (Lipinski definition) is 1. The van der Waals surface area contributed by atoms with Gasteiger partial charge in [0.1, 0.15) is 0 Å². The Morgan fingerprint density at radius 3 is 2.50 bits per heavy atom. The lowest BCUT2D eigenvalue weighted by Crippen LogP contribution is -2.41. The Morgan fingerprint density at radius 2 is 2.00 bits per heavy atom. The van der Waals surface area contributed by atoms with Gasteiger partial charge in [-0.1, -0.05) is 12.2 Å². The first kappa shape index (κ1) is 8.78. The zero-order chi connectivity index (χ0) is 9.14. The van der Waals surface area contributed by atoms with Gasteiger partial charge >= 0.3 is 0 Å². The van der Waals surface area contributed by atoms with Crippen LogP contribution in [0.25, 0.3) is 12.2 Å². The first-order valence-corrected chi connectivity index (χ1v) is 4.01. The van der Waals surface area contributed by atoms with E-state index < -0.39 is 0 Å². The summed E-state index contributed by atoms with van der Waals surface area (Å²) in [5.41, 5.74) is 0.873. The standard InChI is InChI=1S/C10H13NO/c1-4-8-9(5-2)11-6-7(3)10(8)12/h4-6,11H,1-3H3/b8-4+,9-5?. The molecular formula is C10H13NO. The van der Waals surface area contributed by atoms with Gasteiger partial charge in [-0.05, 0) is 20.8 Å². The SMILES string of the molecule is CC=c1[nH]cc(C)c(=O)/c1=C/C. The molecule has 2 nitrogen and oxygen atoms in total. The summed E-state index contributed by atoms with van der Waals surface area (Å²) in [4.78, 5) is 14.6. The molecule has 0 unspecified atom stereocenters. The van der Waals surface area contributed by atoms with E-state index in [1.165, 1.54) is 0 Å². The molecule has 0 atom stereocenters. The third-order valence-corrected chi connectivity index (χ3v) is 1.91. The van der Waals surface area contributed by atoms with Gasteiger partial charge in [0, 0.05) is 22.3 Å². The van der Waals surface area contributed by atoms with Gasteiger partial charge in [0.25, 0.3) is 0 Å². The van der Waals surface area contributed by atoms with Crippen molar-refractivity contribution in [1.29, 1.82) is 0 Å². The maximum absolute atomic E-state index is 11.5. The van der Waals surface area contributed by atoms with Crippen LogP contribution in [0, 0.1) is 6.92 Å². The number of nitrogens with one attached hydrogen (secondary N) is 1. The summed E-state index contributed by atoms with van der Waals surface area (Å²) < 4.78 is 0. The Bertz CT molecular complexity index is 440. The minimum atomic E-state index is 0.115. The predicted octanol–water partition coefficient (Wildman–Crippen LogP) is 0.284. The fraction of sp³-hybridized carbons (Fsp3) is 0.300. The highest BCUT2D eigenvalue weighted by atomic mass is 16.1. The van der Waals surface area contributed by atoms with Crippen molar-refractivity contribution in [3.05, 3.63) is 32.6 Å². The lowest BCUT2D eigenvalue weighted by atomic mass is 10.2. The Labute approximate surface area is 71.3 Å². The van der Waals surface area contributed by atoms with Gasteiger partial charge in [0.15, 0.2) is 5.43 Å². The molecule has 0 saturated heterocycles. The number of aryl methyl sites for hydroxylation is 1. The molecule has 1 heterocycles. The molecule has 12 heavy (non-hydrogen) atoms. The van der Waals surface area contributed by atoms with Crippen LogP contribution in [0.1, 0.15) is 19.4 Å². The van der Waals surface area contributed by atoms with Crippen LogP contribution in [0.4, 0.5) is 0 Å². The number of H-pyrrole nitrogens is 1. The summed E-state index contributed by atoms with van der Waals surface area (Å²) in [6, 6.07) is 0. The molecule has 1 aromatic heterocycles. The van der Waals surface area contributed by atoms with Crippen LogP contribution in [0.15, 0.2) is 11.0 Å². The number of rotatable bonds is 0. The van der Waals surface area contributed by atoms with Crippen molar-refractivity contribution in [1.82, 2.24) is 4.98 Å². The summed E-state index contributed by atoms with van der Waals surface area (Å²) in [6.45, 7) is 5.59. The first-order valence-electron chi connectivity index (χ1n) is 4.01. The number of aromatic amines is 1. The van der Waals surface area contributed by atoms with Gasteiger partial charge in [-0.25, -0.2) is 0 Å². The van der Waals surface area contributed by atoms with Crippen LogP contribution < -0.4 is 16.0 Å². The molecule has 0 bridgehead atoms. The summed E-state index contributed by atoms with van der Waals surface area (Å²) in [5, 5.41) is 1.66. The van der Waals surface area contributed by atoms with Crippen molar-refractivity contribution in [2.45, 2.75) is 20.8 Å². The van der Waals surface area contributed by atoms with Crippen molar-refractivity contribution < 1.29 is 0 Å². The smallest absolute Gasteiger partial charge is 0.191 e. The van der Waals surface area contributed by atoms with Gasteiger partial charge < -0.3 is 4.98 Å². The topological polar surface area (TPSA) is 32.9 Å². The molecule has 1 rings (SSSR count). The maximum atomic E-state index is 11.5. The van der Waals surface area contributed by atoms with Crippen LogP contribution in [0.2, 0.25) is 0 Å². The molecule has 0 fully saturated rings. The molecule has 0 aromatic carbocycles. The van der Waals surface area contributed by atoms with E-state index in [9.17, 15) is 4.79 Å². The van der Waals surface area contributed by atoms with Crippen molar-refractivity contribution in [2.75, 3.05) is 0 Å². The third-order valence-electron chi connectivity index (χ3n) is 1.91. The van der Waals surface area contributed by atoms with E-state index in [2.05, 4.69) is 4.98 Å². The number of hydrogen-bond donors (Lipinski definition) is 1. The monoisotopic (exact) mass is 163 g/mol. The Balaban J connectivity index is 3.85. The molecule has 2 heteroatoms. The van der Waals surface area contributed by atoms with Crippen molar-refractivity contribution in [3.63, 3.8) is 0 Å². The summed E-state index contributed by atoms with van der Waals surface area (Å²) in [5.74, 6) is 0. The molecule has 0 amide bonds. The van der Waals surface area contributed by atoms with Gasteiger partial charge in [-0.15, -0.1) is 0 Å². The zero-order valence-corrected chi connectivity index (χ0v) is 7.64. The first-order chi connectivity index (χ1) is 5.70. The lowest BCUT2D eigenvalue weighted by molar-refractivity contribution is 1.14. The van der Waals surface area contributed by atoms with E-state index in [1.54, 1.807) is 6.20 Å². The second-order valence-electron chi connectivity index (χ2n) is 2.71. The molecule has 0 spiro atoms. The van der Waals surface area contributed by atoms with Crippen LogP contribution in [0.5, 0.6) is 0 Å². The fourth-order valence-electron chi connectivity index (χ4n) is 1.19. The van der Waals surface area contributed by atoms with Crippen LogP contribution in [-0.4, -0.2) is 4.98 Å². The maximum Gasteiger partial charge on any atom is 0.191 e. The van der Waals surface area contributed by atoms with Crippen molar-refractivity contribution in [2.24, 2.45) is 0 Å². The fourth-order valence-corrected chi connectivity index (χ4v) is 1.19. The second kappa shape index (κ2) is 3.39. The Kier molecular flexibility index (Phi) is 2.48. The molecule has 0 radical (unpaired) electrons. The lowest BCUT2D eigenvalue weighted by Gasteiger charge is -1.92. The van der Waals surface area contributed by atoms with E-state index >= 15 is 0 Å². The Morgan fingerprint density at radius 1 is 1.33 bits per heavy atom. The van der Waals surface area contributed by atoms with Gasteiger partial charge in [-0.2, -0.15) is 0 Å². The zero-order valence-electron chi connectivity index (χ0n) is 7.64. The van der Waals surface area contributed by atoms with Gasteiger partial charge in [0.05, 0.1) is 0 Å². The molecular weight excluding hydrogens is 150 g/mol. The van der Waals surface area contributed by atoms with E-state index in [-0.39, 0.29) is 5.43 Å². The quantitative estimate of drug-likeness (QED) is 0.585. The average molecular weight is 163 g/mol. The largest absolute Gasteiger partial charge is 0.361 e.